The number of hydrogen-bond acceptors (Lipinski definition) is 4. The zero-order valence-electron chi connectivity index (χ0n) is 10.9. The number of rotatable bonds is 8. The Morgan fingerprint density at radius 1 is 1.12 bits per heavy atom. The highest BCUT2D eigenvalue weighted by Crippen LogP contribution is 2.01. The molecule has 0 aliphatic carbocycles. The third kappa shape index (κ3) is 10.4. The first-order valence-electron chi connectivity index (χ1n) is 5.71. The lowest BCUT2D eigenvalue weighted by atomic mass is 10.1. The summed E-state index contributed by atoms with van der Waals surface area (Å²) in [7, 11) is -1.40. The molecular weight excluding hydrogens is 226 g/mol. The summed E-state index contributed by atoms with van der Waals surface area (Å²) < 4.78 is 27.7. The monoisotopic (exact) mass is 251 g/mol. The van der Waals surface area contributed by atoms with Crippen molar-refractivity contribution in [3.8, 4) is 0 Å². The van der Waals surface area contributed by atoms with Gasteiger partial charge in [0.15, 0.2) is 9.84 Å². The number of hydrogen-bond donors (Lipinski definition) is 1. The third-order valence-electron chi connectivity index (χ3n) is 2.14. The van der Waals surface area contributed by atoms with Crippen molar-refractivity contribution in [2.45, 2.75) is 39.2 Å². The second-order valence-electron chi connectivity index (χ2n) is 5.03. The molecule has 16 heavy (non-hydrogen) atoms. The van der Waals surface area contributed by atoms with Gasteiger partial charge < -0.3 is 10.1 Å². The predicted octanol–water partition coefficient (Wildman–Crippen LogP) is 1.22. The molecule has 0 aromatic rings. The van der Waals surface area contributed by atoms with Crippen LogP contribution in [-0.2, 0) is 14.6 Å². The molecule has 0 fully saturated rings. The fourth-order valence-electron chi connectivity index (χ4n) is 1.22. The molecule has 0 bridgehead atoms. The molecule has 0 radical (unpaired) electrons. The highest BCUT2D eigenvalue weighted by Gasteiger charge is 2.11. The maximum atomic E-state index is 11.4. The molecule has 98 valence electrons. The molecule has 5 heteroatoms. The number of unbranched alkanes of at least 4 members (excludes halogenated alkanes) is 1. The maximum Gasteiger partial charge on any atom is 0.152 e. The third-order valence-corrected chi connectivity index (χ3v) is 3.84. The molecule has 4 nitrogen and oxygen atoms in total. The number of nitrogens with one attached hydrogen (secondary N) is 1. The van der Waals surface area contributed by atoms with Crippen LogP contribution in [0.5, 0.6) is 0 Å². The van der Waals surface area contributed by atoms with E-state index in [1.807, 2.05) is 0 Å². The van der Waals surface area contributed by atoms with Crippen LogP contribution in [0.3, 0.4) is 0 Å². The minimum atomic E-state index is -2.91. The Morgan fingerprint density at radius 3 is 2.25 bits per heavy atom. The van der Waals surface area contributed by atoms with Crippen LogP contribution in [0.15, 0.2) is 0 Å². The summed E-state index contributed by atoms with van der Waals surface area (Å²) in [6.45, 7) is 7.46. The lowest BCUT2D eigenvalue weighted by Gasteiger charge is -2.20. The van der Waals surface area contributed by atoms with Crippen LogP contribution in [0.1, 0.15) is 33.6 Å². The van der Waals surface area contributed by atoms with E-state index in [1.165, 1.54) is 7.11 Å². The van der Waals surface area contributed by atoms with Crippen molar-refractivity contribution in [1.82, 2.24) is 5.32 Å². The molecule has 0 amide bonds. The minimum absolute atomic E-state index is 0.106. The molecule has 0 aliphatic rings. The van der Waals surface area contributed by atoms with Crippen LogP contribution in [-0.4, -0.2) is 45.7 Å². The lowest BCUT2D eigenvalue weighted by molar-refractivity contribution is 0.217. The molecule has 0 atom stereocenters. The Hall–Kier alpha value is -0.130. The zero-order valence-corrected chi connectivity index (χ0v) is 11.7. The number of ether oxygens (including phenoxy) is 1. The summed E-state index contributed by atoms with van der Waals surface area (Å²) in [5, 5.41) is 3.33. The zero-order chi connectivity index (χ0) is 12.7. The first-order chi connectivity index (χ1) is 7.27. The Morgan fingerprint density at radius 2 is 1.75 bits per heavy atom. The Bertz CT molecular complexity index is 267. The Kier molecular flexibility index (Phi) is 7.19. The van der Waals surface area contributed by atoms with Gasteiger partial charge in [0.1, 0.15) is 0 Å². The molecule has 0 unspecified atom stereocenters. The normalized spacial score (nSPS) is 13.0. The smallest absolute Gasteiger partial charge is 0.152 e. The summed E-state index contributed by atoms with van der Waals surface area (Å²) in [6.07, 6.45) is 1.61. The van der Waals surface area contributed by atoms with Gasteiger partial charge in [-0.05, 0) is 40.2 Å². The maximum absolute atomic E-state index is 11.4. The van der Waals surface area contributed by atoms with Gasteiger partial charge in [0.05, 0.1) is 18.1 Å². The fraction of sp³-hybridized carbons (Fsp3) is 1.00. The molecule has 0 heterocycles. The number of sulfone groups is 1. The van der Waals surface area contributed by atoms with E-state index < -0.39 is 9.84 Å². The topological polar surface area (TPSA) is 55.4 Å². The summed E-state index contributed by atoms with van der Waals surface area (Å²) in [5.41, 5.74) is 0.106. The van der Waals surface area contributed by atoms with E-state index in [4.69, 9.17) is 4.74 Å². The van der Waals surface area contributed by atoms with E-state index >= 15 is 0 Å². The van der Waals surface area contributed by atoms with Crippen molar-refractivity contribution in [1.29, 1.82) is 0 Å². The second kappa shape index (κ2) is 7.25. The summed E-state index contributed by atoms with van der Waals surface area (Å²) >= 11 is 0. The first-order valence-corrected chi connectivity index (χ1v) is 7.53. The van der Waals surface area contributed by atoms with Crippen LogP contribution < -0.4 is 5.32 Å². The molecule has 0 aromatic carbocycles. The average molecular weight is 251 g/mol. The van der Waals surface area contributed by atoms with Crippen LogP contribution in [0.25, 0.3) is 0 Å². The first kappa shape index (κ1) is 15.9. The van der Waals surface area contributed by atoms with Gasteiger partial charge in [-0.25, -0.2) is 8.42 Å². The van der Waals surface area contributed by atoms with Gasteiger partial charge in [0, 0.05) is 12.6 Å². The van der Waals surface area contributed by atoms with E-state index in [-0.39, 0.29) is 17.0 Å². The molecule has 0 saturated heterocycles. The average Bonchev–Trinajstić information content (AvgIpc) is 2.12. The lowest BCUT2D eigenvalue weighted by Crippen LogP contribution is -2.36. The van der Waals surface area contributed by atoms with Gasteiger partial charge in [0.25, 0.3) is 0 Å². The molecule has 0 saturated carbocycles. The second-order valence-corrected chi connectivity index (χ2v) is 7.33. The van der Waals surface area contributed by atoms with Gasteiger partial charge in [-0.3, -0.25) is 0 Å². The van der Waals surface area contributed by atoms with Gasteiger partial charge in [-0.2, -0.15) is 0 Å². The van der Waals surface area contributed by atoms with Crippen molar-refractivity contribution in [2.24, 2.45) is 0 Å². The summed E-state index contributed by atoms with van der Waals surface area (Å²) in [5.74, 6) is 0.401. The van der Waals surface area contributed by atoms with Crippen LogP contribution in [0.2, 0.25) is 0 Å². The van der Waals surface area contributed by atoms with E-state index in [9.17, 15) is 8.42 Å². The van der Waals surface area contributed by atoms with Gasteiger partial charge in [-0.1, -0.05) is 0 Å². The quantitative estimate of drug-likeness (QED) is 0.659. The standard InChI is InChI=1S/C11H25NO3S/c1-11(2,3)12-7-5-6-9-16(13,14)10-8-15-4/h12H,5-10H2,1-4H3. The Labute approximate surface area is 99.7 Å². The van der Waals surface area contributed by atoms with Gasteiger partial charge in [0.2, 0.25) is 0 Å². The van der Waals surface area contributed by atoms with Crippen molar-refractivity contribution in [3.05, 3.63) is 0 Å². The SMILES string of the molecule is COCCS(=O)(=O)CCCCNC(C)(C)C. The van der Waals surface area contributed by atoms with E-state index in [1.54, 1.807) is 0 Å². The molecule has 0 aliphatic heterocycles. The van der Waals surface area contributed by atoms with Crippen molar-refractivity contribution >= 4 is 9.84 Å². The molecule has 0 aromatic heterocycles. The number of methoxy groups -OCH3 is 1. The fourth-order valence-corrected chi connectivity index (χ4v) is 2.49. The molecule has 0 rings (SSSR count). The van der Waals surface area contributed by atoms with E-state index in [0.717, 1.165) is 19.4 Å². The van der Waals surface area contributed by atoms with Crippen LogP contribution in [0, 0.1) is 0 Å². The van der Waals surface area contributed by atoms with Crippen molar-refractivity contribution < 1.29 is 13.2 Å². The predicted molar refractivity (Wildman–Crippen MR) is 67.5 cm³/mol. The summed E-state index contributed by atoms with van der Waals surface area (Å²) in [4.78, 5) is 0. The Balaban J connectivity index is 3.58. The molecular formula is C11H25NO3S. The van der Waals surface area contributed by atoms with Crippen molar-refractivity contribution in [2.75, 3.05) is 31.8 Å². The van der Waals surface area contributed by atoms with Crippen LogP contribution in [0.4, 0.5) is 0 Å². The van der Waals surface area contributed by atoms with Crippen LogP contribution >= 0.6 is 0 Å². The van der Waals surface area contributed by atoms with Crippen molar-refractivity contribution in [3.63, 3.8) is 0 Å². The van der Waals surface area contributed by atoms with Gasteiger partial charge >= 0.3 is 0 Å². The largest absolute Gasteiger partial charge is 0.384 e. The van der Waals surface area contributed by atoms with Gasteiger partial charge in [-0.15, -0.1) is 0 Å². The molecule has 1 N–H and O–H groups in total. The van der Waals surface area contributed by atoms with E-state index in [2.05, 4.69) is 26.1 Å². The molecule has 0 spiro atoms. The highest BCUT2D eigenvalue weighted by molar-refractivity contribution is 7.91. The van der Waals surface area contributed by atoms with E-state index in [0.29, 0.717) is 6.61 Å². The minimum Gasteiger partial charge on any atom is -0.384 e. The summed E-state index contributed by atoms with van der Waals surface area (Å²) in [6, 6.07) is 0. The highest BCUT2D eigenvalue weighted by atomic mass is 32.2.